The third-order valence-corrected chi connectivity index (χ3v) is 6.18. The Bertz CT molecular complexity index is 648. The number of amides is 2. The molecule has 0 saturated heterocycles. The molecule has 2 aliphatic rings. The fourth-order valence-electron chi connectivity index (χ4n) is 2.82. The number of rotatable bonds is 5. The summed E-state index contributed by atoms with van der Waals surface area (Å²) in [5.41, 5.74) is 1.17. The maximum atomic E-state index is 12.4. The molecule has 2 aliphatic carbocycles. The number of carbonyl (C=O) groups excluding carboxylic acids is 1. The fourth-order valence-corrected chi connectivity index (χ4v) is 4.41. The van der Waals surface area contributed by atoms with Gasteiger partial charge in [0, 0.05) is 17.4 Å². The lowest BCUT2D eigenvalue weighted by molar-refractivity contribution is 0.251. The lowest BCUT2D eigenvalue weighted by Gasteiger charge is -2.22. The lowest BCUT2D eigenvalue weighted by Crippen LogP contribution is -2.30. The van der Waals surface area contributed by atoms with Gasteiger partial charge in [0.25, 0.3) is 0 Å². The van der Waals surface area contributed by atoms with Crippen molar-refractivity contribution < 1.29 is 13.2 Å². The third kappa shape index (κ3) is 4.60. The molecule has 3 N–H and O–H groups in total. The molecule has 2 amide bonds. The topological polar surface area (TPSA) is 87.3 Å². The second-order valence-corrected chi connectivity index (χ2v) is 8.32. The Kier molecular flexibility index (Phi) is 4.75. The van der Waals surface area contributed by atoms with Crippen LogP contribution in [-0.2, 0) is 10.0 Å². The Morgan fingerprint density at radius 2 is 1.52 bits per heavy atom. The van der Waals surface area contributed by atoms with Crippen molar-refractivity contribution in [3.05, 3.63) is 24.3 Å². The van der Waals surface area contributed by atoms with Crippen molar-refractivity contribution in [2.45, 2.75) is 56.2 Å². The summed E-state index contributed by atoms with van der Waals surface area (Å²) in [6.45, 7) is 0. The molecule has 0 aromatic heterocycles. The summed E-state index contributed by atoms with van der Waals surface area (Å²) in [6, 6.07) is 6.83. The van der Waals surface area contributed by atoms with Crippen LogP contribution in [0.1, 0.15) is 44.9 Å². The van der Waals surface area contributed by atoms with E-state index in [1.165, 1.54) is 0 Å². The van der Waals surface area contributed by atoms with Gasteiger partial charge >= 0.3 is 6.03 Å². The predicted molar refractivity (Wildman–Crippen MR) is 91.0 cm³/mol. The summed E-state index contributed by atoms with van der Waals surface area (Å²) in [6.07, 6.45) is 6.61. The van der Waals surface area contributed by atoms with E-state index < -0.39 is 10.0 Å². The van der Waals surface area contributed by atoms with Crippen molar-refractivity contribution in [1.82, 2.24) is 5.32 Å². The Morgan fingerprint density at radius 1 is 0.913 bits per heavy atom. The summed E-state index contributed by atoms with van der Waals surface area (Å²) in [7, 11) is -3.33. The van der Waals surface area contributed by atoms with Crippen LogP contribution < -0.4 is 15.4 Å². The molecule has 0 bridgehead atoms. The highest BCUT2D eigenvalue weighted by molar-refractivity contribution is 7.93. The van der Waals surface area contributed by atoms with Crippen molar-refractivity contribution in [3.63, 3.8) is 0 Å². The number of hydrogen-bond acceptors (Lipinski definition) is 3. The fraction of sp³-hybridized carbons (Fsp3) is 0.562. The number of urea groups is 1. The van der Waals surface area contributed by atoms with Gasteiger partial charge in [0.15, 0.2) is 0 Å². The SMILES string of the molecule is O=C(Nc1ccc(NS(=O)(=O)C2CCCCC2)cc1)NC1CC1. The molecule has 2 saturated carbocycles. The van der Waals surface area contributed by atoms with Gasteiger partial charge in [0.1, 0.15) is 0 Å². The number of nitrogens with one attached hydrogen (secondary N) is 3. The zero-order chi connectivity index (χ0) is 16.3. The first kappa shape index (κ1) is 16.1. The summed E-state index contributed by atoms with van der Waals surface area (Å²) >= 11 is 0. The quantitative estimate of drug-likeness (QED) is 0.772. The smallest absolute Gasteiger partial charge is 0.319 e. The average molecular weight is 337 g/mol. The van der Waals surface area contributed by atoms with E-state index in [0.29, 0.717) is 17.4 Å². The van der Waals surface area contributed by atoms with E-state index in [9.17, 15) is 13.2 Å². The number of benzene rings is 1. The van der Waals surface area contributed by atoms with Gasteiger partial charge in [-0.3, -0.25) is 4.72 Å². The second kappa shape index (κ2) is 6.78. The van der Waals surface area contributed by atoms with E-state index >= 15 is 0 Å². The van der Waals surface area contributed by atoms with Crippen molar-refractivity contribution >= 4 is 27.4 Å². The molecular weight excluding hydrogens is 314 g/mol. The van der Waals surface area contributed by atoms with Gasteiger partial charge in [-0.25, -0.2) is 13.2 Å². The van der Waals surface area contributed by atoms with E-state index in [1.807, 2.05) is 0 Å². The summed E-state index contributed by atoms with van der Waals surface area (Å²) in [4.78, 5) is 11.6. The van der Waals surface area contributed by atoms with Crippen molar-refractivity contribution in [1.29, 1.82) is 0 Å². The molecule has 7 heteroatoms. The first-order chi connectivity index (χ1) is 11.0. The molecule has 2 fully saturated rings. The first-order valence-corrected chi connectivity index (χ1v) is 9.77. The van der Waals surface area contributed by atoms with Gasteiger partial charge in [-0.15, -0.1) is 0 Å². The number of anilines is 2. The van der Waals surface area contributed by atoms with Crippen LogP contribution in [0.4, 0.5) is 16.2 Å². The molecule has 0 aliphatic heterocycles. The van der Waals surface area contributed by atoms with Crippen LogP contribution >= 0.6 is 0 Å². The molecule has 0 heterocycles. The Labute approximate surface area is 137 Å². The third-order valence-electron chi connectivity index (χ3n) is 4.31. The highest BCUT2D eigenvalue weighted by Gasteiger charge is 2.27. The lowest BCUT2D eigenvalue weighted by atomic mass is 10.0. The first-order valence-electron chi connectivity index (χ1n) is 8.22. The van der Waals surface area contributed by atoms with Crippen LogP contribution in [0.3, 0.4) is 0 Å². The van der Waals surface area contributed by atoms with Crippen molar-refractivity contribution in [2.24, 2.45) is 0 Å². The number of sulfonamides is 1. The van der Waals surface area contributed by atoms with Gasteiger partial charge < -0.3 is 10.6 Å². The van der Waals surface area contributed by atoms with Crippen LogP contribution in [0.2, 0.25) is 0 Å². The van der Waals surface area contributed by atoms with Crippen LogP contribution in [-0.4, -0.2) is 25.7 Å². The Morgan fingerprint density at radius 3 is 2.13 bits per heavy atom. The largest absolute Gasteiger partial charge is 0.335 e. The van der Waals surface area contributed by atoms with Crippen molar-refractivity contribution in [3.8, 4) is 0 Å². The van der Waals surface area contributed by atoms with Crippen LogP contribution in [0.15, 0.2) is 24.3 Å². The summed E-state index contributed by atoms with van der Waals surface area (Å²) in [5.74, 6) is 0. The summed E-state index contributed by atoms with van der Waals surface area (Å²) in [5, 5.41) is 5.28. The molecule has 0 radical (unpaired) electrons. The van der Waals surface area contributed by atoms with Gasteiger partial charge in [-0.05, 0) is 49.9 Å². The minimum absolute atomic E-state index is 0.219. The minimum Gasteiger partial charge on any atom is -0.335 e. The number of carbonyl (C=O) groups is 1. The average Bonchev–Trinajstić information content (AvgIpc) is 3.34. The highest BCUT2D eigenvalue weighted by Crippen LogP contribution is 2.25. The van der Waals surface area contributed by atoms with E-state index in [-0.39, 0.29) is 11.3 Å². The van der Waals surface area contributed by atoms with Gasteiger partial charge in [0.2, 0.25) is 10.0 Å². The molecule has 126 valence electrons. The standard InChI is InChI=1S/C16H23N3O3S/c20-16(17-12-6-7-12)18-13-8-10-14(11-9-13)19-23(21,22)15-4-2-1-3-5-15/h8-12,15,19H,1-7H2,(H2,17,18,20). The molecule has 6 nitrogen and oxygen atoms in total. The van der Waals surface area contributed by atoms with Gasteiger partial charge in [0.05, 0.1) is 5.25 Å². The maximum Gasteiger partial charge on any atom is 0.319 e. The van der Waals surface area contributed by atoms with Crippen molar-refractivity contribution in [2.75, 3.05) is 10.0 Å². The van der Waals surface area contributed by atoms with E-state index in [4.69, 9.17) is 0 Å². The van der Waals surface area contributed by atoms with E-state index in [1.54, 1.807) is 24.3 Å². The molecule has 23 heavy (non-hydrogen) atoms. The number of hydrogen-bond donors (Lipinski definition) is 3. The monoisotopic (exact) mass is 337 g/mol. The molecule has 0 unspecified atom stereocenters. The maximum absolute atomic E-state index is 12.4. The van der Waals surface area contributed by atoms with Crippen LogP contribution in [0.25, 0.3) is 0 Å². The van der Waals surface area contributed by atoms with Crippen LogP contribution in [0.5, 0.6) is 0 Å². The highest BCUT2D eigenvalue weighted by atomic mass is 32.2. The summed E-state index contributed by atoms with van der Waals surface area (Å²) < 4.78 is 27.4. The molecular formula is C16H23N3O3S. The molecule has 3 rings (SSSR count). The predicted octanol–water partition coefficient (Wildman–Crippen LogP) is 3.04. The van der Waals surface area contributed by atoms with Gasteiger partial charge in [-0.1, -0.05) is 19.3 Å². The Hall–Kier alpha value is -1.76. The zero-order valence-electron chi connectivity index (χ0n) is 13.0. The molecule has 1 aromatic rings. The molecule has 0 spiro atoms. The normalized spacial score (nSPS) is 19.1. The van der Waals surface area contributed by atoms with Gasteiger partial charge in [-0.2, -0.15) is 0 Å². The zero-order valence-corrected chi connectivity index (χ0v) is 13.9. The van der Waals surface area contributed by atoms with E-state index in [0.717, 1.165) is 44.9 Å². The molecule has 1 aromatic carbocycles. The minimum atomic E-state index is -3.33. The van der Waals surface area contributed by atoms with Crippen LogP contribution in [0, 0.1) is 0 Å². The van der Waals surface area contributed by atoms with E-state index in [2.05, 4.69) is 15.4 Å². The Balaban J connectivity index is 1.56. The molecule has 0 atom stereocenters. The second-order valence-electron chi connectivity index (χ2n) is 6.36.